The number of imidazole rings is 1. The third kappa shape index (κ3) is 7.29. The summed E-state index contributed by atoms with van der Waals surface area (Å²) in [5.41, 5.74) is 13.9. The van der Waals surface area contributed by atoms with Crippen LogP contribution in [0.5, 0.6) is 0 Å². The monoisotopic (exact) mass is 730 g/mol. The van der Waals surface area contributed by atoms with Gasteiger partial charge in [-0.1, -0.05) is 195 Å². The van der Waals surface area contributed by atoms with Crippen molar-refractivity contribution in [2.24, 2.45) is 7.05 Å². The predicted molar refractivity (Wildman–Crippen MR) is 243 cm³/mol. The molecular formula is C55H42N2. The summed E-state index contributed by atoms with van der Waals surface area (Å²) in [7, 11) is 2.08. The largest absolute Gasteiger partial charge is 0.327 e. The molecule has 1 aromatic heterocycles. The number of fused-ring (bicyclic) bond motifs is 3. The van der Waals surface area contributed by atoms with Gasteiger partial charge in [0.15, 0.2) is 0 Å². The highest BCUT2D eigenvalue weighted by atomic mass is 15.1. The van der Waals surface area contributed by atoms with Crippen LogP contribution in [0, 0.1) is 0 Å². The van der Waals surface area contributed by atoms with Crippen LogP contribution in [0.2, 0.25) is 0 Å². The Bertz CT molecular complexity index is 2970. The van der Waals surface area contributed by atoms with Gasteiger partial charge in [0.1, 0.15) is 5.82 Å². The summed E-state index contributed by atoms with van der Waals surface area (Å²) in [5.74, 6) is 0.977. The first-order chi connectivity index (χ1) is 28.1. The van der Waals surface area contributed by atoms with E-state index in [1.54, 1.807) is 0 Å². The standard InChI is InChI=1S/C49H36N2.C6H6/c1-33(40-29-23-34-11-3-5-13-41(34)31-40)44-15-7-8-16-45(44)48(43-30-24-35-12-4-6-14-42(35)32-43)38-25-19-36(20-26-38)37-21-27-39(28-22-37)49-50-46-17-9-10-18-47(46)51(49)2;1-2-4-6-5-3-1/h3-25,27-32H,1,26H2,2H3;1-6H/b48-38-;. The second-order valence-corrected chi connectivity index (χ2v) is 14.5. The molecule has 0 aliphatic heterocycles. The van der Waals surface area contributed by atoms with Crippen LogP contribution >= 0.6 is 0 Å². The molecule has 0 saturated carbocycles. The Balaban J connectivity index is 0.000000647. The van der Waals surface area contributed by atoms with Crippen LogP contribution in [-0.2, 0) is 7.05 Å². The third-order valence-corrected chi connectivity index (χ3v) is 10.9. The topological polar surface area (TPSA) is 17.8 Å². The van der Waals surface area contributed by atoms with E-state index in [0.29, 0.717) is 0 Å². The smallest absolute Gasteiger partial charge is 0.140 e. The molecule has 0 fully saturated rings. The molecule has 1 heterocycles. The van der Waals surface area contributed by atoms with Crippen molar-refractivity contribution in [1.29, 1.82) is 0 Å². The zero-order valence-electron chi connectivity index (χ0n) is 32.0. The summed E-state index contributed by atoms with van der Waals surface area (Å²) < 4.78 is 2.17. The van der Waals surface area contributed by atoms with E-state index in [9.17, 15) is 0 Å². The number of allylic oxidation sites excluding steroid dienone is 5. The van der Waals surface area contributed by atoms with Gasteiger partial charge in [-0.2, -0.15) is 0 Å². The summed E-state index contributed by atoms with van der Waals surface area (Å²) in [6, 6.07) is 68.4. The summed E-state index contributed by atoms with van der Waals surface area (Å²) in [5, 5.41) is 4.92. The predicted octanol–water partition coefficient (Wildman–Crippen LogP) is 14.1. The molecule has 8 aromatic carbocycles. The van der Waals surface area contributed by atoms with Gasteiger partial charge in [-0.15, -0.1) is 0 Å². The van der Waals surface area contributed by atoms with Crippen molar-refractivity contribution in [3.8, 4) is 11.4 Å². The lowest BCUT2D eigenvalue weighted by atomic mass is 9.83. The molecule has 1 aliphatic rings. The van der Waals surface area contributed by atoms with Gasteiger partial charge >= 0.3 is 0 Å². The van der Waals surface area contributed by atoms with E-state index < -0.39 is 0 Å². The first-order valence-electron chi connectivity index (χ1n) is 19.5. The molecule has 0 atom stereocenters. The molecule has 0 amide bonds. The van der Waals surface area contributed by atoms with Crippen molar-refractivity contribution >= 4 is 49.3 Å². The normalized spacial score (nSPS) is 13.2. The molecule has 2 heteroatoms. The Morgan fingerprint density at radius 1 is 0.509 bits per heavy atom. The minimum Gasteiger partial charge on any atom is -0.327 e. The van der Waals surface area contributed by atoms with Crippen LogP contribution < -0.4 is 0 Å². The molecule has 0 spiro atoms. The first-order valence-corrected chi connectivity index (χ1v) is 19.5. The minimum atomic E-state index is 0.817. The maximum absolute atomic E-state index is 4.90. The highest BCUT2D eigenvalue weighted by molar-refractivity contribution is 5.97. The molecule has 57 heavy (non-hydrogen) atoms. The van der Waals surface area contributed by atoms with E-state index in [4.69, 9.17) is 4.98 Å². The molecule has 9 aromatic rings. The fourth-order valence-corrected chi connectivity index (χ4v) is 7.90. The number of hydrogen-bond donors (Lipinski definition) is 0. The first kappa shape index (κ1) is 35.4. The molecule has 2 nitrogen and oxygen atoms in total. The van der Waals surface area contributed by atoms with Gasteiger partial charge in [0.2, 0.25) is 0 Å². The number of para-hydroxylation sites is 2. The molecule has 0 bridgehead atoms. The van der Waals surface area contributed by atoms with Crippen LogP contribution in [-0.4, -0.2) is 9.55 Å². The second-order valence-electron chi connectivity index (χ2n) is 14.5. The number of hydrogen-bond acceptors (Lipinski definition) is 1. The SMILES string of the molecule is C=C(c1ccc2ccccc2c1)c1ccccc1/C(=C1/C=CC(c2ccc(-c3nc4ccccc4n3C)cc2)=CC1)c1ccc2ccccc2c1.c1ccccc1. The molecule has 0 saturated heterocycles. The van der Waals surface area contributed by atoms with Crippen molar-refractivity contribution in [2.75, 3.05) is 0 Å². The van der Waals surface area contributed by atoms with E-state index in [1.165, 1.54) is 55.0 Å². The van der Waals surface area contributed by atoms with Crippen LogP contribution in [0.4, 0.5) is 0 Å². The number of aromatic nitrogens is 2. The quantitative estimate of drug-likeness (QED) is 0.167. The lowest BCUT2D eigenvalue weighted by molar-refractivity contribution is 0.959. The van der Waals surface area contributed by atoms with Crippen molar-refractivity contribution < 1.29 is 0 Å². The van der Waals surface area contributed by atoms with E-state index in [2.05, 4.69) is 188 Å². The summed E-state index contributed by atoms with van der Waals surface area (Å²) in [4.78, 5) is 4.90. The Morgan fingerprint density at radius 3 is 1.68 bits per heavy atom. The summed E-state index contributed by atoms with van der Waals surface area (Å²) in [6.07, 6.45) is 7.76. The summed E-state index contributed by atoms with van der Waals surface area (Å²) >= 11 is 0. The fraction of sp³-hybridized carbons (Fsp3) is 0.0364. The maximum atomic E-state index is 4.90. The van der Waals surface area contributed by atoms with Crippen LogP contribution in [0.1, 0.15) is 34.2 Å². The zero-order valence-corrected chi connectivity index (χ0v) is 32.0. The Labute approximate surface area is 334 Å². The number of rotatable bonds is 6. The maximum Gasteiger partial charge on any atom is 0.140 e. The van der Waals surface area contributed by atoms with Crippen molar-refractivity contribution in [2.45, 2.75) is 6.42 Å². The molecular weight excluding hydrogens is 689 g/mol. The highest BCUT2D eigenvalue weighted by Gasteiger charge is 2.19. The minimum absolute atomic E-state index is 0.817. The van der Waals surface area contributed by atoms with Crippen LogP contribution in [0.3, 0.4) is 0 Å². The Kier molecular flexibility index (Phi) is 9.83. The Morgan fingerprint density at radius 2 is 1.05 bits per heavy atom. The van der Waals surface area contributed by atoms with Crippen molar-refractivity contribution in [3.63, 3.8) is 0 Å². The van der Waals surface area contributed by atoms with Crippen molar-refractivity contribution in [3.05, 3.63) is 252 Å². The van der Waals surface area contributed by atoms with E-state index in [1.807, 2.05) is 42.5 Å². The van der Waals surface area contributed by atoms with Crippen molar-refractivity contribution in [1.82, 2.24) is 9.55 Å². The second kappa shape index (κ2) is 15.8. The molecule has 10 rings (SSSR count). The zero-order chi connectivity index (χ0) is 38.6. The number of benzene rings is 8. The van der Waals surface area contributed by atoms with Gasteiger partial charge in [0.05, 0.1) is 11.0 Å². The van der Waals surface area contributed by atoms with Crippen LogP contribution in [0.15, 0.2) is 225 Å². The lowest BCUT2D eigenvalue weighted by Gasteiger charge is -2.21. The molecule has 272 valence electrons. The van der Waals surface area contributed by atoms with Crippen LogP contribution in [0.25, 0.3) is 60.7 Å². The third-order valence-electron chi connectivity index (χ3n) is 10.9. The van der Waals surface area contributed by atoms with Gasteiger partial charge in [-0.05, 0) is 102 Å². The van der Waals surface area contributed by atoms with Gasteiger partial charge in [-0.25, -0.2) is 4.98 Å². The lowest BCUT2D eigenvalue weighted by Crippen LogP contribution is -2.01. The average Bonchev–Trinajstić information content (AvgIpc) is 3.63. The molecule has 0 unspecified atom stereocenters. The van der Waals surface area contributed by atoms with Gasteiger partial charge in [0, 0.05) is 12.6 Å². The average molecular weight is 731 g/mol. The number of nitrogens with zero attached hydrogens (tertiary/aromatic N) is 2. The fourth-order valence-electron chi connectivity index (χ4n) is 7.90. The van der Waals surface area contributed by atoms with Gasteiger partial charge in [0.25, 0.3) is 0 Å². The molecule has 0 radical (unpaired) electrons. The van der Waals surface area contributed by atoms with Gasteiger partial charge < -0.3 is 4.57 Å². The molecule has 0 N–H and O–H groups in total. The van der Waals surface area contributed by atoms with Gasteiger partial charge in [-0.3, -0.25) is 0 Å². The highest BCUT2D eigenvalue weighted by Crippen LogP contribution is 2.39. The van der Waals surface area contributed by atoms with E-state index in [-0.39, 0.29) is 0 Å². The molecule has 1 aliphatic carbocycles. The van der Waals surface area contributed by atoms with E-state index in [0.717, 1.165) is 45.5 Å². The number of aryl methyl sites for hydroxylation is 1. The Hall–Kier alpha value is -7.29. The summed E-state index contributed by atoms with van der Waals surface area (Å²) in [6.45, 7) is 4.67. The van der Waals surface area contributed by atoms with E-state index >= 15 is 0 Å².